The van der Waals surface area contributed by atoms with Gasteiger partial charge in [-0.25, -0.2) is 9.78 Å². The number of oxazole rings is 1. The number of benzene rings is 4. The van der Waals surface area contributed by atoms with Gasteiger partial charge in [-0.2, -0.15) is 5.26 Å². The van der Waals surface area contributed by atoms with E-state index in [0.717, 1.165) is 54.5 Å². The molecule has 1 unspecified atom stereocenters. The molecule has 1 N–H and O–H groups in total. The Kier molecular flexibility index (Phi) is 13.1. The molecule has 6 rings (SSSR count). The van der Waals surface area contributed by atoms with Crippen molar-refractivity contribution in [1.82, 2.24) is 4.98 Å². The summed E-state index contributed by atoms with van der Waals surface area (Å²) < 4.78 is 12.3. The maximum atomic E-state index is 14.3. The second kappa shape index (κ2) is 18.1. The van der Waals surface area contributed by atoms with Gasteiger partial charge in [0, 0.05) is 35.0 Å². The Bertz CT molecular complexity index is 2570. The number of carbonyl (C=O) groups excluding carboxylic acids is 3. The highest BCUT2D eigenvalue weighted by Gasteiger charge is 2.37. The Morgan fingerprint density at radius 2 is 1.70 bits per heavy atom. The largest absolute Gasteiger partial charge is 0.435 e. The summed E-state index contributed by atoms with van der Waals surface area (Å²) in [5.41, 5.74) is 5.23. The minimum atomic E-state index is -1.93. The summed E-state index contributed by atoms with van der Waals surface area (Å²) in [5.74, 6) is -1.55. The van der Waals surface area contributed by atoms with Crippen molar-refractivity contribution in [3.05, 3.63) is 128 Å². The number of hydrogen-bond donors (Lipinski definition) is 1. The number of nitro groups is 1. The molecule has 5 aromatic rings. The molecule has 1 aliphatic carbocycles. The SMILES string of the molecule is CCC(C)(C)c1cc(C(C)(C)CC)c2oc(C(C#N)=Cc3ccc(N(C(=O)OC(C(=O)Nc4ccc([N+](=O)[O-])cc4Cl)C(=O)c4ccccc4)C4CCCC4)cc3C)nc2c1. The lowest BCUT2D eigenvalue weighted by molar-refractivity contribution is -0.384. The highest BCUT2D eigenvalue weighted by molar-refractivity contribution is 6.34. The van der Waals surface area contributed by atoms with Crippen molar-refractivity contribution in [1.29, 1.82) is 5.26 Å². The zero-order valence-corrected chi connectivity index (χ0v) is 36.3. The third kappa shape index (κ3) is 9.53. The maximum Gasteiger partial charge on any atom is 0.415 e. The van der Waals surface area contributed by atoms with Crippen molar-refractivity contribution in [3.63, 3.8) is 0 Å². The molecule has 2 amide bonds. The molecule has 4 aromatic carbocycles. The maximum absolute atomic E-state index is 14.3. The van der Waals surface area contributed by atoms with Gasteiger partial charge in [0.1, 0.15) is 17.2 Å². The van der Waals surface area contributed by atoms with E-state index in [1.165, 1.54) is 23.1 Å². The molecule has 1 aliphatic rings. The van der Waals surface area contributed by atoms with Crippen LogP contribution in [0.5, 0.6) is 0 Å². The number of aryl methyl sites for hydroxylation is 1. The number of fused-ring (bicyclic) bond motifs is 1. The lowest BCUT2D eigenvalue weighted by Gasteiger charge is -2.30. The molecule has 0 radical (unpaired) electrons. The van der Waals surface area contributed by atoms with Gasteiger partial charge in [-0.15, -0.1) is 0 Å². The van der Waals surface area contributed by atoms with Gasteiger partial charge < -0.3 is 14.5 Å². The van der Waals surface area contributed by atoms with Crippen molar-refractivity contribution in [2.75, 3.05) is 10.2 Å². The summed E-state index contributed by atoms with van der Waals surface area (Å²) in [6, 6.07) is 23.0. The molecule has 1 aromatic heterocycles. The highest BCUT2D eigenvalue weighted by Crippen LogP contribution is 2.40. The van der Waals surface area contributed by atoms with Crippen LogP contribution in [0.3, 0.4) is 0 Å². The molecule has 1 fully saturated rings. The Morgan fingerprint density at radius 3 is 2.31 bits per heavy atom. The first-order valence-electron chi connectivity index (χ1n) is 20.5. The van der Waals surface area contributed by atoms with E-state index < -0.39 is 28.8 Å². The third-order valence-electron chi connectivity index (χ3n) is 12.0. The predicted molar refractivity (Wildman–Crippen MR) is 238 cm³/mol. The number of hydrogen-bond acceptors (Lipinski definition) is 9. The molecule has 0 saturated heterocycles. The van der Waals surface area contributed by atoms with Crippen LogP contribution >= 0.6 is 11.6 Å². The summed E-state index contributed by atoms with van der Waals surface area (Å²) in [5, 5.41) is 24.1. The summed E-state index contributed by atoms with van der Waals surface area (Å²) in [4.78, 5) is 59.0. The number of nitro benzene ring substituents is 1. The number of nitrogens with zero attached hydrogens (tertiary/aromatic N) is 4. The van der Waals surface area contributed by atoms with Crippen molar-refractivity contribution in [2.45, 2.75) is 110 Å². The molecule has 0 spiro atoms. The number of non-ortho nitro benzene ring substituents is 1. The number of rotatable bonds is 14. The number of anilines is 2. The van der Waals surface area contributed by atoms with Gasteiger partial charge in [-0.3, -0.25) is 24.6 Å². The second-order valence-corrected chi connectivity index (χ2v) is 17.2. The van der Waals surface area contributed by atoms with Gasteiger partial charge in [0.15, 0.2) is 5.58 Å². The number of carbonyl (C=O) groups is 3. The molecule has 13 heteroatoms. The monoisotopic (exact) mass is 843 g/mol. The van der Waals surface area contributed by atoms with E-state index in [1.54, 1.807) is 42.5 Å². The lowest BCUT2D eigenvalue weighted by Crippen LogP contribution is -2.46. The van der Waals surface area contributed by atoms with Gasteiger partial charge >= 0.3 is 6.09 Å². The molecular formula is C48H50ClN5O7. The van der Waals surface area contributed by atoms with Crippen LogP contribution < -0.4 is 10.2 Å². The Morgan fingerprint density at radius 1 is 1.02 bits per heavy atom. The van der Waals surface area contributed by atoms with Crippen molar-refractivity contribution >= 4 is 69.2 Å². The standard InChI is InChI=1S/C48H50ClN5O7/c1-8-47(4,5)33-25-37(48(6,7)9-2)42-40(26-33)52-45(60-42)32(28-50)24-31-19-20-35(23-29(31)3)53(34-17-13-14-18-34)46(57)61-43(41(55)30-15-11-10-12-16-30)44(56)51-39-22-21-36(54(58)59)27-38(39)49/h10-12,15-16,19-27,34,43H,8-9,13-14,17-18H2,1-7H3,(H,51,56). The van der Waals surface area contributed by atoms with Gasteiger partial charge in [-0.1, -0.05) is 108 Å². The minimum absolute atomic E-state index is 0.00360. The van der Waals surface area contributed by atoms with Gasteiger partial charge in [0.05, 0.1) is 15.6 Å². The fourth-order valence-corrected chi connectivity index (χ4v) is 7.61. The molecular weight excluding hydrogens is 794 g/mol. The average molecular weight is 844 g/mol. The van der Waals surface area contributed by atoms with Crippen LogP contribution in [0.2, 0.25) is 5.02 Å². The number of ether oxygens (including phenoxy) is 1. The number of nitriles is 1. The van der Waals surface area contributed by atoms with Crippen LogP contribution in [0.25, 0.3) is 22.7 Å². The first kappa shape index (κ1) is 44.2. The first-order valence-corrected chi connectivity index (χ1v) is 20.9. The van der Waals surface area contributed by atoms with E-state index in [4.69, 9.17) is 25.7 Å². The van der Waals surface area contributed by atoms with Crippen molar-refractivity contribution in [3.8, 4) is 6.07 Å². The number of halogens is 1. The van der Waals surface area contributed by atoms with Crippen LogP contribution in [0.4, 0.5) is 21.9 Å². The minimum Gasteiger partial charge on any atom is -0.435 e. The third-order valence-corrected chi connectivity index (χ3v) is 12.3. The van der Waals surface area contributed by atoms with E-state index in [0.29, 0.717) is 35.2 Å². The molecule has 12 nitrogen and oxygen atoms in total. The van der Waals surface area contributed by atoms with Crippen LogP contribution in [-0.4, -0.2) is 39.8 Å². The summed E-state index contributed by atoms with van der Waals surface area (Å²) >= 11 is 6.27. The van der Waals surface area contributed by atoms with Gasteiger partial charge in [-0.05, 0) is 90.5 Å². The number of Topliss-reactive ketones (excluding diaryl/α,β-unsaturated/α-hetero) is 1. The summed E-state index contributed by atoms with van der Waals surface area (Å²) in [6.07, 6.45) is 3.75. The van der Waals surface area contributed by atoms with Crippen molar-refractivity contribution < 1.29 is 28.5 Å². The second-order valence-electron chi connectivity index (χ2n) is 16.8. The molecule has 0 bridgehead atoms. The fourth-order valence-electron chi connectivity index (χ4n) is 7.39. The molecule has 1 heterocycles. The number of amides is 2. The van der Waals surface area contributed by atoms with Crippen LogP contribution in [0.15, 0.2) is 83.3 Å². The normalized spacial score (nSPS) is 14.0. The van der Waals surface area contributed by atoms with E-state index in [9.17, 15) is 29.8 Å². The average Bonchev–Trinajstić information content (AvgIpc) is 3.94. The van der Waals surface area contributed by atoms with Crippen LogP contribution in [0.1, 0.15) is 119 Å². The number of nitrogens with one attached hydrogen (secondary N) is 1. The van der Waals surface area contributed by atoms with Gasteiger partial charge in [0.25, 0.3) is 11.6 Å². The summed E-state index contributed by atoms with van der Waals surface area (Å²) in [7, 11) is 0. The number of ketones is 1. The molecule has 61 heavy (non-hydrogen) atoms. The predicted octanol–water partition coefficient (Wildman–Crippen LogP) is 11.9. The zero-order chi connectivity index (χ0) is 44.2. The van der Waals surface area contributed by atoms with Crippen molar-refractivity contribution in [2.24, 2.45) is 0 Å². The van der Waals surface area contributed by atoms with Gasteiger partial charge in [0.2, 0.25) is 17.8 Å². The topological polar surface area (TPSA) is 169 Å². The van der Waals surface area contributed by atoms with E-state index >= 15 is 0 Å². The molecule has 1 atom stereocenters. The zero-order valence-electron chi connectivity index (χ0n) is 35.5. The molecule has 316 valence electrons. The fraction of sp³-hybridized carbons (Fsp3) is 0.354. The quantitative estimate of drug-likeness (QED) is 0.0376. The Labute approximate surface area is 360 Å². The first-order chi connectivity index (χ1) is 29.0. The van der Waals surface area contributed by atoms with E-state index in [2.05, 4.69) is 65.1 Å². The summed E-state index contributed by atoms with van der Waals surface area (Å²) in [6.45, 7) is 14.9. The Hall–Kier alpha value is -6.32. The van der Waals surface area contributed by atoms with E-state index in [1.807, 2.05) is 6.92 Å². The van der Waals surface area contributed by atoms with E-state index in [-0.39, 0.29) is 50.3 Å². The molecule has 0 aliphatic heterocycles. The molecule has 1 saturated carbocycles. The highest BCUT2D eigenvalue weighted by atomic mass is 35.5. The smallest absolute Gasteiger partial charge is 0.415 e. The number of allylic oxidation sites excluding steroid dienone is 1. The van der Waals surface area contributed by atoms with Crippen LogP contribution in [-0.2, 0) is 20.4 Å². The number of aromatic nitrogens is 1. The lowest BCUT2D eigenvalue weighted by atomic mass is 9.76. The van der Waals surface area contributed by atoms with Crippen LogP contribution in [0, 0.1) is 28.4 Å². The Balaban J connectivity index is 1.34.